The summed E-state index contributed by atoms with van der Waals surface area (Å²) in [5.74, 6) is 0.241. The zero-order chi connectivity index (χ0) is 18.8. The summed E-state index contributed by atoms with van der Waals surface area (Å²) in [6, 6.07) is 9.68. The number of hydrogen-bond donors (Lipinski definition) is 0. The van der Waals surface area contributed by atoms with Crippen LogP contribution in [-0.4, -0.2) is 43.7 Å². The Morgan fingerprint density at radius 1 is 1.11 bits per heavy atom. The Labute approximate surface area is 173 Å². The number of carbonyl (C=O) groups excluding carboxylic acids is 1. The van der Waals surface area contributed by atoms with E-state index in [1.165, 1.54) is 12.8 Å². The van der Waals surface area contributed by atoms with Crippen molar-refractivity contribution in [2.24, 2.45) is 5.92 Å². The molecule has 1 aromatic carbocycles. The van der Waals surface area contributed by atoms with Gasteiger partial charge in [-0.3, -0.25) is 4.79 Å². The quantitative estimate of drug-likeness (QED) is 0.519. The molecule has 1 heterocycles. The number of quaternary nitrogens is 1. The molecule has 27 heavy (non-hydrogen) atoms. The summed E-state index contributed by atoms with van der Waals surface area (Å²) in [4.78, 5) is 13.3. The van der Waals surface area contributed by atoms with Crippen molar-refractivity contribution >= 4 is 5.97 Å². The Balaban J connectivity index is 0.00000261. The minimum atomic E-state index is -0.619. The van der Waals surface area contributed by atoms with E-state index < -0.39 is 5.41 Å². The molecule has 1 saturated heterocycles. The minimum absolute atomic E-state index is 0. The van der Waals surface area contributed by atoms with Crippen LogP contribution in [0.3, 0.4) is 0 Å². The molecule has 0 bridgehead atoms. The summed E-state index contributed by atoms with van der Waals surface area (Å²) in [6.07, 6.45) is 6.41. The molecule has 1 aromatic rings. The fraction of sp³-hybridized carbons (Fsp3) is 0.636. The third kappa shape index (κ3) is 4.73. The lowest BCUT2D eigenvalue weighted by Crippen LogP contribution is -3.00. The summed E-state index contributed by atoms with van der Waals surface area (Å²) in [5.41, 5.74) is 0.996. The first-order chi connectivity index (χ1) is 12.3. The smallest absolute Gasteiger partial charge is 0.316 e. The van der Waals surface area contributed by atoms with E-state index in [4.69, 9.17) is 10.00 Å². The molecular formula is C22H31BrN2O2. The van der Waals surface area contributed by atoms with Crippen molar-refractivity contribution in [3.8, 4) is 6.07 Å². The summed E-state index contributed by atoms with van der Waals surface area (Å²) >= 11 is 0. The maximum atomic E-state index is 13.3. The largest absolute Gasteiger partial charge is 1.00 e. The summed E-state index contributed by atoms with van der Waals surface area (Å²) < 4.78 is 7.06. The highest BCUT2D eigenvalue weighted by Crippen LogP contribution is 2.43. The molecule has 3 rings (SSSR count). The van der Waals surface area contributed by atoms with E-state index in [9.17, 15) is 4.79 Å². The van der Waals surface area contributed by atoms with Crippen LogP contribution in [0.15, 0.2) is 24.3 Å². The Bertz CT molecular complexity index is 679. The topological polar surface area (TPSA) is 50.1 Å². The van der Waals surface area contributed by atoms with E-state index in [0.717, 1.165) is 48.8 Å². The van der Waals surface area contributed by atoms with Gasteiger partial charge in [0.2, 0.25) is 0 Å². The zero-order valence-electron chi connectivity index (χ0n) is 16.7. The predicted molar refractivity (Wildman–Crippen MR) is 101 cm³/mol. The highest BCUT2D eigenvalue weighted by atomic mass is 79.9. The SMILES string of the molecule is CC(C(=O)OC1CC[N+](C)(C)CC1)(c1ccc(C#N)cc1)C1CCCC1.[Br-]. The van der Waals surface area contributed by atoms with Gasteiger partial charge in [-0.15, -0.1) is 0 Å². The van der Waals surface area contributed by atoms with Gasteiger partial charge in [0.05, 0.1) is 44.2 Å². The van der Waals surface area contributed by atoms with Crippen LogP contribution in [0.5, 0.6) is 0 Å². The molecule has 1 atom stereocenters. The number of piperidine rings is 1. The molecule has 2 aliphatic rings. The lowest BCUT2D eigenvalue weighted by atomic mass is 9.70. The van der Waals surface area contributed by atoms with Gasteiger partial charge in [-0.25, -0.2) is 0 Å². The number of carbonyl (C=O) groups is 1. The third-order valence-electron chi connectivity index (χ3n) is 6.60. The fourth-order valence-corrected chi connectivity index (χ4v) is 4.55. The van der Waals surface area contributed by atoms with E-state index >= 15 is 0 Å². The molecule has 1 aliphatic heterocycles. The summed E-state index contributed by atoms with van der Waals surface area (Å²) in [5, 5.41) is 9.07. The van der Waals surface area contributed by atoms with Gasteiger partial charge >= 0.3 is 5.97 Å². The van der Waals surface area contributed by atoms with Crippen molar-refractivity contribution in [3.63, 3.8) is 0 Å². The Kier molecular flexibility index (Phi) is 7.10. The zero-order valence-corrected chi connectivity index (χ0v) is 18.3. The van der Waals surface area contributed by atoms with Crippen LogP contribution < -0.4 is 17.0 Å². The average Bonchev–Trinajstić information content (AvgIpc) is 3.18. The normalized spacial score (nSPS) is 22.3. The molecule has 0 N–H and O–H groups in total. The minimum Gasteiger partial charge on any atom is -1.00 e. The molecule has 0 radical (unpaired) electrons. The lowest BCUT2D eigenvalue weighted by Gasteiger charge is -2.39. The number of nitrogens with zero attached hydrogens (tertiary/aromatic N) is 2. The molecule has 0 aromatic heterocycles. The Morgan fingerprint density at radius 2 is 1.67 bits per heavy atom. The number of esters is 1. The van der Waals surface area contributed by atoms with Gasteiger partial charge < -0.3 is 26.2 Å². The van der Waals surface area contributed by atoms with Crippen LogP contribution in [0.2, 0.25) is 0 Å². The monoisotopic (exact) mass is 434 g/mol. The molecule has 1 aliphatic carbocycles. The van der Waals surface area contributed by atoms with Crippen molar-refractivity contribution in [1.29, 1.82) is 5.26 Å². The number of rotatable bonds is 4. The van der Waals surface area contributed by atoms with Crippen molar-refractivity contribution in [1.82, 2.24) is 0 Å². The van der Waals surface area contributed by atoms with Crippen molar-refractivity contribution in [3.05, 3.63) is 35.4 Å². The van der Waals surface area contributed by atoms with Crippen molar-refractivity contribution < 1.29 is 31.0 Å². The van der Waals surface area contributed by atoms with E-state index in [-0.39, 0.29) is 29.1 Å². The van der Waals surface area contributed by atoms with Gasteiger partial charge in [0.15, 0.2) is 0 Å². The van der Waals surface area contributed by atoms with E-state index in [2.05, 4.69) is 27.1 Å². The summed E-state index contributed by atoms with van der Waals surface area (Å²) in [7, 11) is 4.47. The van der Waals surface area contributed by atoms with Crippen LogP contribution in [0, 0.1) is 17.2 Å². The van der Waals surface area contributed by atoms with E-state index in [0.29, 0.717) is 11.5 Å². The molecule has 5 heteroatoms. The number of ether oxygens (including phenoxy) is 1. The molecule has 2 fully saturated rings. The molecule has 0 amide bonds. The van der Waals surface area contributed by atoms with Crippen LogP contribution in [-0.2, 0) is 14.9 Å². The summed E-state index contributed by atoms with van der Waals surface area (Å²) in [6.45, 7) is 4.15. The molecule has 1 saturated carbocycles. The number of halogens is 1. The maximum Gasteiger partial charge on any atom is 0.316 e. The predicted octanol–water partition coefficient (Wildman–Crippen LogP) is 0.792. The molecule has 148 valence electrons. The third-order valence-corrected chi connectivity index (χ3v) is 6.60. The first-order valence-electron chi connectivity index (χ1n) is 9.89. The van der Waals surface area contributed by atoms with Crippen LogP contribution in [0.1, 0.15) is 56.6 Å². The van der Waals surface area contributed by atoms with Gasteiger partial charge in [-0.1, -0.05) is 25.0 Å². The Morgan fingerprint density at radius 3 is 2.19 bits per heavy atom. The second-order valence-corrected chi connectivity index (χ2v) is 8.86. The molecule has 4 nitrogen and oxygen atoms in total. The number of likely N-dealkylation sites (tertiary alicyclic amines) is 1. The van der Waals surface area contributed by atoms with Crippen molar-refractivity contribution in [2.45, 2.75) is 57.0 Å². The molecular weight excluding hydrogens is 404 g/mol. The first kappa shape index (κ1) is 21.9. The van der Waals surface area contributed by atoms with Gasteiger partial charge in [0, 0.05) is 12.8 Å². The maximum absolute atomic E-state index is 13.3. The number of benzene rings is 1. The number of hydrogen-bond acceptors (Lipinski definition) is 3. The molecule has 1 unspecified atom stereocenters. The van der Waals surface area contributed by atoms with Crippen LogP contribution in [0.25, 0.3) is 0 Å². The Hall–Kier alpha value is -1.38. The average molecular weight is 435 g/mol. The first-order valence-corrected chi connectivity index (χ1v) is 9.89. The second-order valence-electron chi connectivity index (χ2n) is 8.86. The molecule has 0 spiro atoms. The highest BCUT2D eigenvalue weighted by molar-refractivity contribution is 5.83. The van der Waals surface area contributed by atoms with Gasteiger partial charge in [0.1, 0.15) is 6.10 Å². The number of nitriles is 1. The van der Waals surface area contributed by atoms with Crippen LogP contribution >= 0.6 is 0 Å². The van der Waals surface area contributed by atoms with Gasteiger partial charge in [-0.2, -0.15) is 5.26 Å². The fourth-order valence-electron chi connectivity index (χ4n) is 4.55. The van der Waals surface area contributed by atoms with Gasteiger partial charge in [-0.05, 0) is 43.4 Å². The van der Waals surface area contributed by atoms with E-state index in [1.807, 2.05) is 24.3 Å². The van der Waals surface area contributed by atoms with Crippen LogP contribution in [0.4, 0.5) is 0 Å². The standard InChI is InChI=1S/C22H31N2O2.BrH/c1-22(18-6-4-5-7-18,19-10-8-17(16-23)9-11-19)21(25)26-20-12-14-24(2,3)15-13-20;/h8-11,18,20H,4-7,12-15H2,1-3H3;1H/q+1;/p-1. The van der Waals surface area contributed by atoms with Crippen molar-refractivity contribution in [2.75, 3.05) is 27.2 Å². The van der Waals surface area contributed by atoms with Gasteiger partial charge in [0.25, 0.3) is 0 Å². The second kappa shape index (κ2) is 8.75. The van der Waals surface area contributed by atoms with E-state index in [1.54, 1.807) is 0 Å². The lowest BCUT2D eigenvalue weighted by molar-refractivity contribution is -0.896. The highest BCUT2D eigenvalue weighted by Gasteiger charge is 2.46.